The number of nitrogens with zero attached hydrogens (tertiary/aromatic N) is 1. The van der Waals surface area contributed by atoms with Crippen LogP contribution in [-0.4, -0.2) is 9.97 Å². The highest BCUT2D eigenvalue weighted by Gasteiger charge is 2.09. The molecule has 0 saturated heterocycles. The van der Waals surface area contributed by atoms with Crippen molar-refractivity contribution >= 4 is 11.3 Å². The van der Waals surface area contributed by atoms with Gasteiger partial charge in [-0.15, -0.1) is 11.3 Å². The number of hydrogen-bond donors (Lipinski definition) is 1. The molecule has 1 atom stereocenters. The van der Waals surface area contributed by atoms with Crippen LogP contribution in [0.15, 0.2) is 30.0 Å². The van der Waals surface area contributed by atoms with E-state index in [0.29, 0.717) is 5.92 Å². The summed E-state index contributed by atoms with van der Waals surface area (Å²) in [7, 11) is 0. The Morgan fingerprint density at radius 2 is 2.50 bits per heavy atom. The van der Waals surface area contributed by atoms with E-state index in [1.54, 1.807) is 17.7 Å². The van der Waals surface area contributed by atoms with E-state index in [1.165, 1.54) is 10.6 Å². The topological polar surface area (TPSA) is 28.7 Å². The lowest BCUT2D eigenvalue weighted by atomic mass is 10.1. The molecule has 1 N–H and O–H groups in total. The van der Waals surface area contributed by atoms with E-state index in [9.17, 15) is 0 Å². The lowest BCUT2D eigenvalue weighted by molar-refractivity contribution is 0.904. The van der Waals surface area contributed by atoms with Crippen molar-refractivity contribution < 1.29 is 0 Å². The Morgan fingerprint density at radius 1 is 1.58 bits per heavy atom. The van der Waals surface area contributed by atoms with E-state index < -0.39 is 0 Å². The molecule has 3 heteroatoms. The van der Waals surface area contributed by atoms with Gasteiger partial charge in [0, 0.05) is 22.7 Å². The zero-order chi connectivity index (χ0) is 8.39. The van der Waals surface area contributed by atoms with Gasteiger partial charge in [-0.2, -0.15) is 0 Å². The summed E-state index contributed by atoms with van der Waals surface area (Å²) in [5.41, 5.74) is 1.18. The molecule has 0 bridgehead atoms. The second kappa shape index (κ2) is 3.11. The molecule has 0 fully saturated rings. The first kappa shape index (κ1) is 7.55. The van der Waals surface area contributed by atoms with Crippen LogP contribution >= 0.6 is 11.3 Å². The highest BCUT2D eigenvalue weighted by Crippen LogP contribution is 2.25. The van der Waals surface area contributed by atoms with Crippen molar-refractivity contribution in [3.63, 3.8) is 0 Å². The number of imidazole rings is 1. The van der Waals surface area contributed by atoms with Gasteiger partial charge >= 0.3 is 0 Å². The number of H-pyrrole nitrogens is 1. The molecular weight excluding hydrogens is 168 g/mol. The maximum absolute atomic E-state index is 4.00. The Labute approximate surface area is 75.3 Å². The quantitative estimate of drug-likeness (QED) is 0.752. The van der Waals surface area contributed by atoms with Gasteiger partial charge in [-0.1, -0.05) is 13.0 Å². The second-order valence-corrected chi connectivity index (χ2v) is 3.72. The fraction of sp³-hybridized carbons (Fsp3) is 0.222. The molecule has 0 aliphatic carbocycles. The van der Waals surface area contributed by atoms with E-state index in [2.05, 4.69) is 34.4 Å². The molecule has 0 aliphatic rings. The van der Waals surface area contributed by atoms with Crippen molar-refractivity contribution in [1.82, 2.24) is 9.97 Å². The van der Waals surface area contributed by atoms with Gasteiger partial charge in [0.2, 0.25) is 0 Å². The average molecular weight is 178 g/mol. The predicted octanol–water partition coefficient (Wildman–Crippen LogP) is 2.62. The SMILES string of the molecule is CC(c1cnc[nH]1)c1cccs1. The minimum atomic E-state index is 0.437. The lowest BCUT2D eigenvalue weighted by Crippen LogP contribution is -1.92. The van der Waals surface area contributed by atoms with Crippen molar-refractivity contribution in [3.8, 4) is 0 Å². The first-order chi connectivity index (χ1) is 5.88. The lowest BCUT2D eigenvalue weighted by Gasteiger charge is -2.04. The smallest absolute Gasteiger partial charge is 0.0921 e. The summed E-state index contributed by atoms with van der Waals surface area (Å²) in [6, 6.07) is 4.23. The van der Waals surface area contributed by atoms with Crippen LogP contribution in [-0.2, 0) is 0 Å². The maximum Gasteiger partial charge on any atom is 0.0921 e. The average Bonchev–Trinajstić information content (AvgIpc) is 2.77. The van der Waals surface area contributed by atoms with Crippen LogP contribution in [0.25, 0.3) is 0 Å². The van der Waals surface area contributed by atoms with Crippen molar-refractivity contribution in [2.45, 2.75) is 12.8 Å². The summed E-state index contributed by atoms with van der Waals surface area (Å²) in [5, 5.41) is 2.10. The maximum atomic E-state index is 4.00. The Hall–Kier alpha value is -1.09. The van der Waals surface area contributed by atoms with Crippen molar-refractivity contribution in [1.29, 1.82) is 0 Å². The summed E-state index contributed by atoms with van der Waals surface area (Å²) in [6.07, 6.45) is 3.60. The summed E-state index contributed by atoms with van der Waals surface area (Å²) in [6.45, 7) is 2.18. The Bertz CT molecular complexity index is 289. The van der Waals surface area contributed by atoms with Gasteiger partial charge < -0.3 is 4.98 Å². The molecule has 0 amide bonds. The van der Waals surface area contributed by atoms with E-state index in [1.807, 2.05) is 6.20 Å². The Morgan fingerprint density at radius 3 is 3.08 bits per heavy atom. The molecule has 1 unspecified atom stereocenters. The van der Waals surface area contributed by atoms with Gasteiger partial charge in [-0.05, 0) is 11.4 Å². The molecule has 0 spiro atoms. The zero-order valence-corrected chi connectivity index (χ0v) is 7.64. The van der Waals surface area contributed by atoms with Gasteiger partial charge in [0.05, 0.1) is 6.33 Å². The monoisotopic (exact) mass is 178 g/mol. The zero-order valence-electron chi connectivity index (χ0n) is 6.82. The van der Waals surface area contributed by atoms with E-state index in [0.717, 1.165) is 0 Å². The van der Waals surface area contributed by atoms with Gasteiger partial charge in [-0.3, -0.25) is 0 Å². The standard InChI is InChI=1S/C9H10N2S/c1-7(8-5-10-6-11-8)9-3-2-4-12-9/h2-7H,1H3,(H,10,11). The number of aromatic nitrogens is 2. The minimum Gasteiger partial charge on any atom is -0.348 e. The van der Waals surface area contributed by atoms with Gasteiger partial charge in [-0.25, -0.2) is 4.98 Å². The first-order valence-corrected chi connectivity index (χ1v) is 4.77. The highest BCUT2D eigenvalue weighted by molar-refractivity contribution is 7.10. The van der Waals surface area contributed by atoms with E-state index in [4.69, 9.17) is 0 Å². The third kappa shape index (κ3) is 1.28. The van der Waals surface area contributed by atoms with Crippen LogP contribution in [0.3, 0.4) is 0 Å². The minimum absolute atomic E-state index is 0.437. The molecule has 0 radical (unpaired) electrons. The van der Waals surface area contributed by atoms with Crippen LogP contribution < -0.4 is 0 Å². The molecular formula is C9H10N2S. The molecule has 2 aromatic heterocycles. The van der Waals surface area contributed by atoms with Crippen LogP contribution in [0.4, 0.5) is 0 Å². The number of thiophene rings is 1. The number of nitrogens with one attached hydrogen (secondary N) is 1. The van der Waals surface area contributed by atoms with E-state index >= 15 is 0 Å². The first-order valence-electron chi connectivity index (χ1n) is 3.89. The molecule has 0 saturated carbocycles. The van der Waals surface area contributed by atoms with E-state index in [-0.39, 0.29) is 0 Å². The van der Waals surface area contributed by atoms with Gasteiger partial charge in [0.1, 0.15) is 0 Å². The van der Waals surface area contributed by atoms with Crippen molar-refractivity contribution in [3.05, 3.63) is 40.6 Å². The molecule has 2 rings (SSSR count). The van der Waals surface area contributed by atoms with Gasteiger partial charge in [0.15, 0.2) is 0 Å². The summed E-state index contributed by atoms with van der Waals surface area (Å²) >= 11 is 1.78. The van der Waals surface area contributed by atoms with Crippen LogP contribution in [0, 0.1) is 0 Å². The van der Waals surface area contributed by atoms with Crippen LogP contribution in [0.5, 0.6) is 0 Å². The fourth-order valence-electron chi connectivity index (χ4n) is 1.19. The molecule has 0 aliphatic heterocycles. The third-order valence-corrected chi connectivity index (χ3v) is 3.01. The van der Waals surface area contributed by atoms with Crippen LogP contribution in [0.1, 0.15) is 23.4 Å². The molecule has 2 aromatic rings. The third-order valence-electron chi connectivity index (χ3n) is 1.96. The molecule has 12 heavy (non-hydrogen) atoms. The summed E-state index contributed by atoms with van der Waals surface area (Å²) in [4.78, 5) is 8.50. The normalized spacial score (nSPS) is 13.1. The second-order valence-electron chi connectivity index (χ2n) is 2.74. The summed E-state index contributed by atoms with van der Waals surface area (Å²) < 4.78 is 0. The number of aromatic amines is 1. The van der Waals surface area contributed by atoms with Crippen LogP contribution in [0.2, 0.25) is 0 Å². The van der Waals surface area contributed by atoms with Crippen molar-refractivity contribution in [2.75, 3.05) is 0 Å². The highest BCUT2D eigenvalue weighted by atomic mass is 32.1. The predicted molar refractivity (Wildman–Crippen MR) is 50.4 cm³/mol. The Kier molecular flexibility index (Phi) is 1.96. The molecule has 2 nitrogen and oxygen atoms in total. The Balaban J connectivity index is 2.27. The number of hydrogen-bond acceptors (Lipinski definition) is 2. The largest absolute Gasteiger partial charge is 0.348 e. The number of rotatable bonds is 2. The van der Waals surface area contributed by atoms with Crippen molar-refractivity contribution in [2.24, 2.45) is 0 Å². The summed E-state index contributed by atoms with van der Waals surface area (Å²) in [5.74, 6) is 0.437. The fourth-order valence-corrected chi connectivity index (χ4v) is 2.00. The molecule has 62 valence electrons. The molecule has 2 heterocycles. The molecule has 0 aromatic carbocycles. The van der Waals surface area contributed by atoms with Gasteiger partial charge in [0.25, 0.3) is 0 Å².